The van der Waals surface area contributed by atoms with Gasteiger partial charge in [0.2, 0.25) is 0 Å². The van der Waals surface area contributed by atoms with E-state index in [1.54, 1.807) is 29.0 Å². The van der Waals surface area contributed by atoms with Gasteiger partial charge in [0, 0.05) is 38.8 Å². The van der Waals surface area contributed by atoms with Gasteiger partial charge in [-0.2, -0.15) is 0 Å². The third-order valence-electron chi connectivity index (χ3n) is 4.72. The molecule has 138 valence electrons. The highest BCUT2D eigenvalue weighted by Crippen LogP contribution is 2.26. The molecule has 0 spiro atoms. The lowest BCUT2D eigenvalue weighted by atomic mass is 10.1. The summed E-state index contributed by atoms with van der Waals surface area (Å²) in [4.78, 5) is 28.4. The van der Waals surface area contributed by atoms with Gasteiger partial charge >= 0.3 is 0 Å². The molecule has 0 N–H and O–H groups in total. The molecule has 1 amide bonds. The van der Waals surface area contributed by atoms with Gasteiger partial charge in [0.15, 0.2) is 11.6 Å². The molecule has 1 fully saturated rings. The number of piperazine rings is 1. The first kappa shape index (κ1) is 17.1. The number of benzene rings is 1. The summed E-state index contributed by atoms with van der Waals surface area (Å²) in [6.07, 6.45) is 4.55. The van der Waals surface area contributed by atoms with Gasteiger partial charge in [-0.3, -0.25) is 4.79 Å². The Morgan fingerprint density at radius 2 is 1.81 bits per heavy atom. The quantitative estimate of drug-likeness (QED) is 0.709. The number of aromatic nitrogens is 4. The molecule has 0 atom stereocenters. The smallest absolute Gasteiger partial charge is 0.272 e. The lowest BCUT2D eigenvalue weighted by molar-refractivity contribution is 0.0736. The molecular weight excluding hydrogens is 347 g/mol. The monoisotopic (exact) mass is 366 g/mol. The van der Waals surface area contributed by atoms with E-state index in [4.69, 9.17) is 0 Å². The number of carbonyl (C=O) groups is 1. The van der Waals surface area contributed by atoms with E-state index in [1.807, 2.05) is 35.2 Å². The fourth-order valence-electron chi connectivity index (χ4n) is 3.22. The van der Waals surface area contributed by atoms with Crippen molar-refractivity contribution in [1.29, 1.82) is 0 Å². The van der Waals surface area contributed by atoms with Crippen molar-refractivity contribution in [3.05, 3.63) is 60.7 Å². The number of aryl methyl sites for hydroxylation is 1. The minimum absolute atomic E-state index is 0.0669. The third-order valence-corrected chi connectivity index (χ3v) is 4.72. The number of amides is 1. The number of carbonyl (C=O) groups excluding carboxylic acids is 1. The maximum Gasteiger partial charge on any atom is 0.272 e. The SMILES string of the molecule is Cn1cncc1C(=O)N1CCN(c2ncnc(-c3ccccc3)c2F)CC1. The van der Waals surface area contributed by atoms with E-state index in [9.17, 15) is 4.79 Å². The van der Waals surface area contributed by atoms with Gasteiger partial charge in [-0.15, -0.1) is 0 Å². The van der Waals surface area contributed by atoms with Crippen LogP contribution in [0.5, 0.6) is 0 Å². The Kier molecular flexibility index (Phi) is 4.53. The van der Waals surface area contributed by atoms with Crippen LogP contribution in [0.15, 0.2) is 49.2 Å². The van der Waals surface area contributed by atoms with Crippen molar-refractivity contribution in [3.63, 3.8) is 0 Å². The average Bonchev–Trinajstić information content (AvgIpc) is 3.14. The summed E-state index contributed by atoms with van der Waals surface area (Å²) in [5.41, 5.74) is 1.54. The molecule has 8 heteroatoms. The summed E-state index contributed by atoms with van der Waals surface area (Å²) in [6.45, 7) is 2.00. The number of anilines is 1. The van der Waals surface area contributed by atoms with Crippen LogP contribution in [0.25, 0.3) is 11.3 Å². The number of rotatable bonds is 3. The van der Waals surface area contributed by atoms with Crippen molar-refractivity contribution in [1.82, 2.24) is 24.4 Å². The Morgan fingerprint density at radius 1 is 1.07 bits per heavy atom. The molecule has 1 aliphatic rings. The van der Waals surface area contributed by atoms with Crippen molar-refractivity contribution < 1.29 is 9.18 Å². The van der Waals surface area contributed by atoms with Crippen molar-refractivity contribution in [3.8, 4) is 11.3 Å². The van der Waals surface area contributed by atoms with Crippen LogP contribution < -0.4 is 4.90 Å². The Bertz CT molecular complexity index is 950. The minimum Gasteiger partial charge on any atom is -0.351 e. The zero-order valence-corrected chi connectivity index (χ0v) is 14.9. The normalized spacial score (nSPS) is 14.4. The lowest BCUT2D eigenvalue weighted by Crippen LogP contribution is -2.49. The van der Waals surface area contributed by atoms with Crippen molar-refractivity contribution >= 4 is 11.7 Å². The van der Waals surface area contributed by atoms with Crippen LogP contribution in [-0.2, 0) is 7.05 Å². The first-order valence-electron chi connectivity index (χ1n) is 8.71. The predicted octanol–water partition coefficient (Wildman–Crippen LogP) is 1.98. The standard InChI is InChI=1S/C19H19FN6O/c1-24-13-21-11-15(24)19(27)26-9-7-25(8-10-26)18-16(20)17(22-12-23-18)14-5-3-2-4-6-14/h2-6,11-13H,7-10H2,1H3. The summed E-state index contributed by atoms with van der Waals surface area (Å²) < 4.78 is 16.7. The molecule has 1 aliphatic heterocycles. The van der Waals surface area contributed by atoms with Crippen LogP contribution in [0, 0.1) is 5.82 Å². The molecule has 0 radical (unpaired) electrons. The largest absolute Gasteiger partial charge is 0.351 e. The van der Waals surface area contributed by atoms with Gasteiger partial charge in [-0.1, -0.05) is 30.3 Å². The Labute approximate surface area is 156 Å². The molecule has 3 heterocycles. The maximum absolute atomic E-state index is 15.0. The first-order valence-corrected chi connectivity index (χ1v) is 8.71. The molecule has 1 saturated heterocycles. The Morgan fingerprint density at radius 3 is 2.48 bits per heavy atom. The number of hydrogen-bond acceptors (Lipinski definition) is 5. The van der Waals surface area contributed by atoms with E-state index >= 15 is 4.39 Å². The van der Waals surface area contributed by atoms with Crippen LogP contribution in [0.4, 0.5) is 10.2 Å². The van der Waals surface area contributed by atoms with Gasteiger partial charge in [0.1, 0.15) is 17.7 Å². The van der Waals surface area contributed by atoms with Gasteiger partial charge in [0.25, 0.3) is 5.91 Å². The topological polar surface area (TPSA) is 67.2 Å². The van der Waals surface area contributed by atoms with Crippen molar-refractivity contribution in [2.24, 2.45) is 7.05 Å². The number of hydrogen-bond donors (Lipinski definition) is 0. The third kappa shape index (κ3) is 3.25. The van der Waals surface area contributed by atoms with Gasteiger partial charge < -0.3 is 14.4 Å². The molecule has 4 rings (SSSR count). The van der Waals surface area contributed by atoms with Gasteiger partial charge in [-0.25, -0.2) is 19.3 Å². The molecule has 7 nitrogen and oxygen atoms in total. The van der Waals surface area contributed by atoms with Crippen molar-refractivity contribution in [2.45, 2.75) is 0 Å². The zero-order chi connectivity index (χ0) is 18.8. The fraction of sp³-hybridized carbons (Fsp3) is 0.263. The lowest BCUT2D eigenvalue weighted by Gasteiger charge is -2.35. The molecule has 3 aromatic rings. The second kappa shape index (κ2) is 7.14. The summed E-state index contributed by atoms with van der Waals surface area (Å²) in [5.74, 6) is -0.227. The van der Waals surface area contributed by atoms with Crippen LogP contribution in [0.3, 0.4) is 0 Å². The maximum atomic E-state index is 15.0. The second-order valence-corrected chi connectivity index (χ2v) is 6.39. The highest BCUT2D eigenvalue weighted by atomic mass is 19.1. The Hall–Kier alpha value is -3.29. The minimum atomic E-state index is -0.435. The van der Waals surface area contributed by atoms with Gasteiger partial charge in [-0.05, 0) is 0 Å². The summed E-state index contributed by atoms with van der Waals surface area (Å²) >= 11 is 0. The molecule has 0 saturated carbocycles. The first-order chi connectivity index (χ1) is 13.1. The van der Waals surface area contributed by atoms with Crippen molar-refractivity contribution in [2.75, 3.05) is 31.1 Å². The van der Waals surface area contributed by atoms with Crippen LogP contribution in [0.1, 0.15) is 10.5 Å². The number of imidazole rings is 1. The molecule has 0 unspecified atom stereocenters. The molecule has 2 aromatic heterocycles. The fourth-order valence-corrected chi connectivity index (χ4v) is 3.22. The summed E-state index contributed by atoms with van der Waals surface area (Å²) in [7, 11) is 1.79. The average molecular weight is 366 g/mol. The van der Waals surface area contributed by atoms with E-state index in [1.165, 1.54) is 6.33 Å². The van der Waals surface area contributed by atoms with Crippen LogP contribution in [-0.4, -0.2) is 56.5 Å². The molecule has 0 bridgehead atoms. The number of nitrogens with zero attached hydrogens (tertiary/aromatic N) is 6. The predicted molar refractivity (Wildman–Crippen MR) is 98.8 cm³/mol. The van der Waals surface area contributed by atoms with E-state index in [0.29, 0.717) is 37.4 Å². The summed E-state index contributed by atoms with van der Waals surface area (Å²) in [6, 6.07) is 9.21. The van der Waals surface area contributed by atoms with E-state index < -0.39 is 5.82 Å². The zero-order valence-electron chi connectivity index (χ0n) is 14.9. The van der Waals surface area contributed by atoms with Crippen LogP contribution >= 0.6 is 0 Å². The highest BCUT2D eigenvalue weighted by Gasteiger charge is 2.26. The van der Waals surface area contributed by atoms with E-state index in [-0.39, 0.29) is 17.4 Å². The van der Waals surface area contributed by atoms with Crippen LogP contribution in [0.2, 0.25) is 0 Å². The molecular formula is C19H19FN6O. The highest BCUT2D eigenvalue weighted by molar-refractivity contribution is 5.92. The number of halogens is 1. The Balaban J connectivity index is 1.50. The van der Waals surface area contributed by atoms with E-state index in [0.717, 1.165) is 0 Å². The summed E-state index contributed by atoms with van der Waals surface area (Å²) in [5, 5.41) is 0. The van der Waals surface area contributed by atoms with Gasteiger partial charge in [0.05, 0.1) is 12.5 Å². The molecule has 0 aliphatic carbocycles. The second-order valence-electron chi connectivity index (χ2n) is 6.39. The molecule has 27 heavy (non-hydrogen) atoms. The van der Waals surface area contributed by atoms with E-state index in [2.05, 4.69) is 15.0 Å². The molecule has 1 aromatic carbocycles.